The van der Waals surface area contributed by atoms with E-state index in [9.17, 15) is 13.2 Å². The molecule has 1 N–H and O–H groups in total. The number of hydrogen-bond donors (Lipinski definition) is 1. The van der Waals surface area contributed by atoms with Gasteiger partial charge in [0.15, 0.2) is 5.58 Å². The zero-order valence-electron chi connectivity index (χ0n) is 14.0. The van der Waals surface area contributed by atoms with Crippen molar-refractivity contribution in [3.05, 3.63) is 53.3 Å². The van der Waals surface area contributed by atoms with Gasteiger partial charge in [0.25, 0.3) is 5.91 Å². The number of benzene rings is 1. The van der Waals surface area contributed by atoms with Gasteiger partial charge < -0.3 is 4.42 Å². The minimum atomic E-state index is -3.29. The van der Waals surface area contributed by atoms with E-state index in [0.29, 0.717) is 29.6 Å². The van der Waals surface area contributed by atoms with Crippen LogP contribution in [0.25, 0.3) is 11.1 Å². The SMILES string of the molecule is CS(=O)(=O)N1CCc2c(cncc2C(=O)Nc2nc3ccccc3o2)C1. The molecule has 9 heteroatoms. The molecule has 3 heterocycles. The standard InChI is InChI=1S/C17H16N4O4S/c1-26(23,24)21-7-6-12-11(10-21)8-18-9-13(12)16(22)20-17-19-14-4-2-3-5-15(14)25-17/h2-5,8-9H,6-7,10H2,1H3,(H,19,20,22). The molecule has 1 aromatic carbocycles. The highest BCUT2D eigenvalue weighted by molar-refractivity contribution is 7.88. The van der Waals surface area contributed by atoms with Gasteiger partial charge in [-0.3, -0.25) is 15.1 Å². The van der Waals surface area contributed by atoms with Gasteiger partial charge >= 0.3 is 6.01 Å². The Hall–Kier alpha value is -2.78. The van der Waals surface area contributed by atoms with Crippen molar-refractivity contribution >= 4 is 33.0 Å². The van der Waals surface area contributed by atoms with E-state index in [-0.39, 0.29) is 18.5 Å². The molecule has 0 fully saturated rings. The number of carbonyl (C=O) groups is 1. The molecule has 0 unspecified atom stereocenters. The second-order valence-corrected chi connectivity index (χ2v) is 8.09. The number of pyridine rings is 1. The zero-order chi connectivity index (χ0) is 18.3. The van der Waals surface area contributed by atoms with Gasteiger partial charge in [0.2, 0.25) is 10.0 Å². The van der Waals surface area contributed by atoms with Gasteiger partial charge in [-0.2, -0.15) is 9.29 Å². The molecule has 0 radical (unpaired) electrons. The van der Waals surface area contributed by atoms with Crippen LogP contribution in [0.5, 0.6) is 0 Å². The Morgan fingerprint density at radius 1 is 1.27 bits per heavy atom. The van der Waals surface area contributed by atoms with Crippen molar-refractivity contribution in [3.63, 3.8) is 0 Å². The molecule has 0 saturated carbocycles. The lowest BCUT2D eigenvalue weighted by molar-refractivity contribution is 0.102. The molecule has 3 aromatic rings. The topological polar surface area (TPSA) is 105 Å². The van der Waals surface area contributed by atoms with Crippen molar-refractivity contribution in [1.29, 1.82) is 0 Å². The number of carbonyl (C=O) groups excluding carboxylic acids is 1. The van der Waals surface area contributed by atoms with Gasteiger partial charge in [-0.25, -0.2) is 8.42 Å². The molecule has 1 aliphatic heterocycles. The lowest BCUT2D eigenvalue weighted by atomic mass is 9.98. The van der Waals surface area contributed by atoms with Crippen molar-refractivity contribution in [3.8, 4) is 0 Å². The molecule has 134 valence electrons. The normalized spacial score (nSPS) is 15.0. The second-order valence-electron chi connectivity index (χ2n) is 6.11. The fraction of sp³-hybridized carbons (Fsp3) is 0.235. The van der Waals surface area contributed by atoms with Crippen LogP contribution in [-0.4, -0.2) is 41.4 Å². The number of para-hydroxylation sites is 2. The molecular weight excluding hydrogens is 356 g/mol. The van der Waals surface area contributed by atoms with Crippen molar-refractivity contribution in [2.45, 2.75) is 13.0 Å². The number of oxazole rings is 1. The third kappa shape index (κ3) is 3.06. The van der Waals surface area contributed by atoms with Gasteiger partial charge in [-0.15, -0.1) is 0 Å². The van der Waals surface area contributed by atoms with Crippen molar-refractivity contribution in [1.82, 2.24) is 14.3 Å². The van der Waals surface area contributed by atoms with Crippen LogP contribution in [-0.2, 0) is 23.0 Å². The third-order valence-electron chi connectivity index (χ3n) is 4.33. The number of sulfonamides is 1. The Balaban J connectivity index is 1.61. The second kappa shape index (κ2) is 6.19. The predicted octanol–water partition coefficient (Wildman–Crippen LogP) is 1.79. The van der Waals surface area contributed by atoms with Gasteiger partial charge in [0.05, 0.1) is 11.8 Å². The van der Waals surface area contributed by atoms with Crippen LogP contribution in [0.15, 0.2) is 41.1 Å². The van der Waals surface area contributed by atoms with E-state index < -0.39 is 10.0 Å². The van der Waals surface area contributed by atoms with Crippen molar-refractivity contribution < 1.29 is 17.6 Å². The fourth-order valence-electron chi connectivity index (χ4n) is 3.04. The summed E-state index contributed by atoms with van der Waals surface area (Å²) < 4.78 is 30.4. The average molecular weight is 372 g/mol. The van der Waals surface area contributed by atoms with Gasteiger partial charge in [-0.05, 0) is 29.7 Å². The Morgan fingerprint density at radius 3 is 2.85 bits per heavy atom. The minimum Gasteiger partial charge on any atom is -0.423 e. The van der Waals surface area contributed by atoms with E-state index >= 15 is 0 Å². The maximum absolute atomic E-state index is 12.7. The maximum atomic E-state index is 12.7. The highest BCUT2D eigenvalue weighted by Crippen LogP contribution is 2.24. The van der Waals surface area contributed by atoms with E-state index in [4.69, 9.17) is 4.42 Å². The Kier molecular flexibility index (Phi) is 3.97. The van der Waals surface area contributed by atoms with Gasteiger partial charge in [0.1, 0.15) is 5.52 Å². The molecule has 1 amide bonds. The molecule has 0 saturated heterocycles. The first-order valence-electron chi connectivity index (χ1n) is 7.99. The number of anilines is 1. The first-order valence-corrected chi connectivity index (χ1v) is 9.84. The van der Waals surface area contributed by atoms with Crippen LogP contribution < -0.4 is 5.32 Å². The molecule has 0 bridgehead atoms. The fourth-order valence-corrected chi connectivity index (χ4v) is 3.83. The third-order valence-corrected chi connectivity index (χ3v) is 5.58. The summed E-state index contributed by atoms with van der Waals surface area (Å²) in [6.07, 6.45) is 4.70. The summed E-state index contributed by atoms with van der Waals surface area (Å²) in [5, 5.41) is 2.65. The van der Waals surface area contributed by atoms with Crippen LogP contribution in [0, 0.1) is 0 Å². The summed E-state index contributed by atoms with van der Waals surface area (Å²) in [5.41, 5.74) is 3.16. The maximum Gasteiger partial charge on any atom is 0.302 e. The van der Waals surface area contributed by atoms with Gasteiger partial charge in [0, 0.05) is 25.5 Å². The first-order chi connectivity index (χ1) is 12.4. The number of aromatic nitrogens is 2. The summed E-state index contributed by atoms with van der Waals surface area (Å²) in [5.74, 6) is -0.381. The smallest absolute Gasteiger partial charge is 0.302 e. The van der Waals surface area contributed by atoms with Crippen LogP contribution in [0.1, 0.15) is 21.5 Å². The van der Waals surface area contributed by atoms with Crippen LogP contribution >= 0.6 is 0 Å². The largest absolute Gasteiger partial charge is 0.423 e. The number of amides is 1. The molecular formula is C17H16N4O4S. The molecule has 4 rings (SSSR count). The molecule has 0 spiro atoms. The monoisotopic (exact) mass is 372 g/mol. The lowest BCUT2D eigenvalue weighted by Crippen LogP contribution is -2.36. The average Bonchev–Trinajstić information content (AvgIpc) is 3.02. The Bertz CT molecular complexity index is 1070. The zero-order valence-corrected chi connectivity index (χ0v) is 14.8. The van der Waals surface area contributed by atoms with E-state index in [1.54, 1.807) is 18.3 Å². The minimum absolute atomic E-state index is 0.113. The van der Waals surface area contributed by atoms with Gasteiger partial charge in [-0.1, -0.05) is 12.1 Å². The van der Waals surface area contributed by atoms with E-state index in [2.05, 4.69) is 15.3 Å². The predicted molar refractivity (Wildman–Crippen MR) is 95.2 cm³/mol. The first kappa shape index (κ1) is 16.7. The Labute approximate surface area is 149 Å². The molecule has 0 aliphatic carbocycles. The molecule has 8 nitrogen and oxygen atoms in total. The quantitative estimate of drug-likeness (QED) is 0.751. The highest BCUT2D eigenvalue weighted by atomic mass is 32.2. The summed E-state index contributed by atoms with van der Waals surface area (Å²) in [4.78, 5) is 21.0. The molecule has 0 atom stereocenters. The van der Waals surface area contributed by atoms with Crippen LogP contribution in [0.2, 0.25) is 0 Å². The van der Waals surface area contributed by atoms with Crippen molar-refractivity contribution in [2.24, 2.45) is 0 Å². The van der Waals surface area contributed by atoms with Crippen LogP contribution in [0.3, 0.4) is 0 Å². The number of nitrogens with one attached hydrogen (secondary N) is 1. The number of hydrogen-bond acceptors (Lipinski definition) is 6. The summed E-state index contributed by atoms with van der Waals surface area (Å²) in [6, 6.07) is 7.33. The highest BCUT2D eigenvalue weighted by Gasteiger charge is 2.27. The lowest BCUT2D eigenvalue weighted by Gasteiger charge is -2.27. The summed E-state index contributed by atoms with van der Waals surface area (Å²) in [6.45, 7) is 0.546. The van der Waals surface area contributed by atoms with Crippen LogP contribution in [0.4, 0.5) is 6.01 Å². The Morgan fingerprint density at radius 2 is 2.08 bits per heavy atom. The van der Waals surface area contributed by atoms with E-state index in [0.717, 1.165) is 11.1 Å². The summed E-state index contributed by atoms with van der Waals surface area (Å²) in [7, 11) is -3.29. The molecule has 2 aromatic heterocycles. The number of rotatable bonds is 3. The molecule has 1 aliphatic rings. The molecule has 26 heavy (non-hydrogen) atoms. The van der Waals surface area contributed by atoms with E-state index in [1.807, 2.05) is 12.1 Å². The van der Waals surface area contributed by atoms with E-state index in [1.165, 1.54) is 16.8 Å². The number of nitrogens with zero attached hydrogens (tertiary/aromatic N) is 3. The van der Waals surface area contributed by atoms with Crippen molar-refractivity contribution in [2.75, 3.05) is 18.1 Å². The number of fused-ring (bicyclic) bond motifs is 2. The summed E-state index contributed by atoms with van der Waals surface area (Å²) >= 11 is 0.